The average molecular weight is 201 g/mol. The Morgan fingerprint density at radius 1 is 1.64 bits per heavy atom. The SMILES string of the molecule is O=C(O)/C(=N/O)c1n[nH]c([N+](=O)[O-])n1. The van der Waals surface area contributed by atoms with E-state index in [1.165, 1.54) is 0 Å². The van der Waals surface area contributed by atoms with Crippen LogP contribution in [0.15, 0.2) is 5.16 Å². The monoisotopic (exact) mass is 201 g/mol. The predicted octanol–water partition coefficient (Wildman–Crippen LogP) is -1.02. The fourth-order valence-corrected chi connectivity index (χ4v) is 0.624. The third-order valence-electron chi connectivity index (χ3n) is 1.16. The standard InChI is InChI=1S/C4H3N5O5/c10-3(11)1(8-12)2-5-4(7-6-2)9(13)14/h12H,(H,10,11)(H,5,6,7)/b8-1+. The molecule has 0 bridgehead atoms. The number of H-pyrrole nitrogens is 1. The number of rotatable bonds is 3. The molecule has 14 heavy (non-hydrogen) atoms. The second-order valence-corrected chi connectivity index (χ2v) is 1.99. The summed E-state index contributed by atoms with van der Waals surface area (Å²) in [7, 11) is 0. The molecule has 0 aliphatic carbocycles. The van der Waals surface area contributed by atoms with Crippen LogP contribution in [0, 0.1) is 10.1 Å². The van der Waals surface area contributed by atoms with Crippen molar-refractivity contribution in [1.29, 1.82) is 0 Å². The fraction of sp³-hybridized carbons (Fsp3) is 0. The van der Waals surface area contributed by atoms with Gasteiger partial charge in [0.05, 0.1) is 0 Å². The van der Waals surface area contributed by atoms with Gasteiger partial charge in [-0.15, -0.1) is 5.10 Å². The Labute approximate surface area is 75.0 Å². The van der Waals surface area contributed by atoms with Crippen LogP contribution >= 0.6 is 0 Å². The number of nitro groups is 1. The first-order valence-corrected chi connectivity index (χ1v) is 3.08. The van der Waals surface area contributed by atoms with Crippen molar-refractivity contribution in [2.45, 2.75) is 0 Å². The Morgan fingerprint density at radius 2 is 2.29 bits per heavy atom. The number of carboxylic acid groups (broad SMARTS) is 1. The number of hydrogen-bond acceptors (Lipinski definition) is 7. The van der Waals surface area contributed by atoms with E-state index in [1.54, 1.807) is 0 Å². The summed E-state index contributed by atoms with van der Waals surface area (Å²) < 4.78 is 0. The van der Waals surface area contributed by atoms with Gasteiger partial charge in [0.1, 0.15) is 0 Å². The lowest BCUT2D eigenvalue weighted by atomic mass is 10.4. The van der Waals surface area contributed by atoms with E-state index in [2.05, 4.69) is 15.2 Å². The number of carboxylic acids is 1. The van der Waals surface area contributed by atoms with Gasteiger partial charge in [0, 0.05) is 0 Å². The van der Waals surface area contributed by atoms with E-state index in [0.717, 1.165) is 0 Å². The van der Waals surface area contributed by atoms with Crippen molar-refractivity contribution in [1.82, 2.24) is 15.2 Å². The molecule has 0 unspecified atom stereocenters. The topological polar surface area (TPSA) is 155 Å². The predicted molar refractivity (Wildman–Crippen MR) is 39.0 cm³/mol. The fourth-order valence-electron chi connectivity index (χ4n) is 0.624. The molecule has 1 rings (SSSR count). The van der Waals surface area contributed by atoms with Crippen LogP contribution in [-0.2, 0) is 4.79 Å². The molecule has 0 saturated carbocycles. The van der Waals surface area contributed by atoms with Crippen LogP contribution in [0.25, 0.3) is 0 Å². The first-order valence-electron chi connectivity index (χ1n) is 3.08. The number of nitrogens with one attached hydrogen (secondary N) is 1. The first-order chi connectivity index (χ1) is 6.56. The summed E-state index contributed by atoms with van der Waals surface area (Å²) in [5.74, 6) is -2.89. The summed E-state index contributed by atoms with van der Waals surface area (Å²) in [4.78, 5) is 22.7. The minimum Gasteiger partial charge on any atom is -0.476 e. The largest absolute Gasteiger partial charge is 0.476 e. The van der Waals surface area contributed by atoms with Gasteiger partial charge in [-0.1, -0.05) is 10.3 Å². The molecule has 0 saturated heterocycles. The number of oxime groups is 1. The molecule has 0 aliphatic heterocycles. The van der Waals surface area contributed by atoms with E-state index < -0.39 is 28.4 Å². The van der Waals surface area contributed by atoms with Gasteiger partial charge in [-0.05, 0) is 9.91 Å². The second-order valence-electron chi connectivity index (χ2n) is 1.99. The molecule has 0 aromatic carbocycles. The highest BCUT2D eigenvalue weighted by molar-refractivity contribution is 6.41. The van der Waals surface area contributed by atoms with E-state index in [1.807, 2.05) is 5.10 Å². The highest BCUT2D eigenvalue weighted by Gasteiger charge is 2.25. The third kappa shape index (κ3) is 1.63. The molecule has 1 aromatic rings. The molecule has 1 heterocycles. The molecule has 0 fully saturated rings. The van der Waals surface area contributed by atoms with E-state index >= 15 is 0 Å². The summed E-state index contributed by atoms with van der Waals surface area (Å²) >= 11 is 0. The molecule has 10 heteroatoms. The van der Waals surface area contributed by atoms with Crippen molar-refractivity contribution >= 4 is 17.6 Å². The molecule has 1 aromatic heterocycles. The van der Waals surface area contributed by atoms with Crippen LogP contribution in [0.1, 0.15) is 5.82 Å². The van der Waals surface area contributed by atoms with Crippen molar-refractivity contribution in [3.63, 3.8) is 0 Å². The lowest BCUT2D eigenvalue weighted by molar-refractivity contribution is -0.394. The zero-order chi connectivity index (χ0) is 10.7. The lowest BCUT2D eigenvalue weighted by Crippen LogP contribution is -2.16. The molecular weight excluding hydrogens is 198 g/mol. The van der Waals surface area contributed by atoms with Crippen LogP contribution in [0.2, 0.25) is 0 Å². The quantitative estimate of drug-likeness (QED) is 0.244. The Hall–Kier alpha value is -2.52. The Balaban J connectivity index is 3.08. The van der Waals surface area contributed by atoms with Crippen LogP contribution in [0.3, 0.4) is 0 Å². The van der Waals surface area contributed by atoms with Gasteiger partial charge in [0.15, 0.2) is 0 Å². The minimum absolute atomic E-state index is 0.563. The molecule has 3 N–H and O–H groups in total. The summed E-state index contributed by atoms with van der Waals surface area (Å²) in [5.41, 5.74) is -0.880. The zero-order valence-corrected chi connectivity index (χ0v) is 6.41. The smallest absolute Gasteiger partial charge is 0.453 e. The van der Waals surface area contributed by atoms with Crippen molar-refractivity contribution in [3.05, 3.63) is 15.9 Å². The molecule has 74 valence electrons. The lowest BCUT2D eigenvalue weighted by Gasteiger charge is -1.86. The first kappa shape index (κ1) is 9.57. The van der Waals surface area contributed by atoms with Gasteiger partial charge in [0.2, 0.25) is 0 Å². The number of aromatic nitrogens is 3. The maximum absolute atomic E-state index is 10.4. The van der Waals surface area contributed by atoms with Gasteiger partial charge in [0.25, 0.3) is 5.71 Å². The highest BCUT2D eigenvalue weighted by atomic mass is 16.6. The number of carbonyl (C=O) groups is 1. The second kappa shape index (κ2) is 3.47. The number of nitrogens with zero attached hydrogens (tertiary/aromatic N) is 4. The van der Waals surface area contributed by atoms with Gasteiger partial charge < -0.3 is 20.4 Å². The summed E-state index contributed by atoms with van der Waals surface area (Å²) in [5, 5.41) is 34.2. The number of hydrogen-bond donors (Lipinski definition) is 3. The molecule has 0 spiro atoms. The van der Waals surface area contributed by atoms with Crippen molar-refractivity contribution in [3.8, 4) is 0 Å². The van der Waals surface area contributed by atoms with Gasteiger partial charge in [-0.25, -0.2) is 4.79 Å². The summed E-state index contributed by atoms with van der Waals surface area (Å²) in [6.07, 6.45) is 0. The molecule has 10 nitrogen and oxygen atoms in total. The number of aliphatic carboxylic acids is 1. The minimum atomic E-state index is -1.60. The highest BCUT2D eigenvalue weighted by Crippen LogP contribution is 2.02. The van der Waals surface area contributed by atoms with Crippen molar-refractivity contribution < 1.29 is 20.0 Å². The average Bonchev–Trinajstić information content (AvgIpc) is 2.53. The Bertz CT molecular complexity index is 408. The van der Waals surface area contributed by atoms with Crippen LogP contribution in [0.4, 0.5) is 5.95 Å². The van der Waals surface area contributed by atoms with Crippen LogP contribution in [-0.4, -0.2) is 42.1 Å². The van der Waals surface area contributed by atoms with Gasteiger partial charge >= 0.3 is 17.7 Å². The zero-order valence-electron chi connectivity index (χ0n) is 6.41. The van der Waals surface area contributed by atoms with Gasteiger partial charge in [-0.2, -0.15) is 0 Å². The Kier molecular flexibility index (Phi) is 2.37. The van der Waals surface area contributed by atoms with E-state index in [9.17, 15) is 14.9 Å². The summed E-state index contributed by atoms with van der Waals surface area (Å²) in [6, 6.07) is 0. The van der Waals surface area contributed by atoms with Crippen LogP contribution in [0.5, 0.6) is 0 Å². The molecule has 0 radical (unpaired) electrons. The molecule has 0 aliphatic rings. The van der Waals surface area contributed by atoms with E-state index in [4.69, 9.17) is 10.3 Å². The third-order valence-corrected chi connectivity index (χ3v) is 1.16. The molecule has 0 atom stereocenters. The normalized spacial score (nSPS) is 11.3. The molecule has 0 amide bonds. The van der Waals surface area contributed by atoms with E-state index in [-0.39, 0.29) is 0 Å². The maximum atomic E-state index is 10.4. The van der Waals surface area contributed by atoms with Crippen molar-refractivity contribution in [2.24, 2.45) is 5.16 Å². The van der Waals surface area contributed by atoms with E-state index in [0.29, 0.717) is 0 Å². The van der Waals surface area contributed by atoms with Crippen molar-refractivity contribution in [2.75, 3.05) is 0 Å². The van der Waals surface area contributed by atoms with Gasteiger partial charge in [-0.3, -0.25) is 0 Å². The summed E-state index contributed by atoms with van der Waals surface area (Å²) in [6.45, 7) is 0. The number of aromatic amines is 1. The Morgan fingerprint density at radius 3 is 2.64 bits per heavy atom. The maximum Gasteiger partial charge on any atom is 0.453 e. The van der Waals surface area contributed by atoms with Crippen LogP contribution < -0.4 is 0 Å². The molecular formula is C4H3N5O5.